The number of aromatic nitrogens is 2. The lowest BCUT2D eigenvalue weighted by molar-refractivity contribution is -0.128. The smallest absolute Gasteiger partial charge is 0.268 e. The highest BCUT2D eigenvalue weighted by Crippen LogP contribution is 2.39. The molecule has 0 spiro atoms. The van der Waals surface area contributed by atoms with E-state index in [9.17, 15) is 9.59 Å². The van der Waals surface area contributed by atoms with Crippen molar-refractivity contribution >= 4 is 28.8 Å². The van der Waals surface area contributed by atoms with E-state index in [-0.39, 0.29) is 24.4 Å². The lowest BCUT2D eigenvalue weighted by atomic mass is 10.1. The molecule has 3 aromatic rings. The molecule has 7 nitrogen and oxygen atoms in total. The number of hydrogen-bond donors (Lipinski definition) is 1. The first-order valence-corrected chi connectivity index (χ1v) is 11.5. The zero-order valence-corrected chi connectivity index (χ0v) is 19.4. The van der Waals surface area contributed by atoms with Crippen LogP contribution >= 0.6 is 11.3 Å². The molecule has 1 aliphatic rings. The molecule has 2 unspecified atom stereocenters. The minimum absolute atomic E-state index is 0.0459. The molecular weight excluding hydrogens is 424 g/mol. The highest BCUT2D eigenvalue weighted by molar-refractivity contribution is 7.15. The minimum atomic E-state index is -0.651. The number of thiazole rings is 1. The number of benzene rings is 1. The summed E-state index contributed by atoms with van der Waals surface area (Å²) in [4.78, 5) is 37.2. The number of aryl methyl sites for hydroxylation is 1. The Morgan fingerprint density at radius 3 is 2.84 bits per heavy atom. The fourth-order valence-corrected chi connectivity index (χ4v) is 4.46. The summed E-state index contributed by atoms with van der Waals surface area (Å²) in [5, 5.41) is 3.76. The third kappa shape index (κ3) is 4.36. The Labute approximate surface area is 191 Å². The van der Waals surface area contributed by atoms with E-state index < -0.39 is 6.10 Å². The molecule has 0 fully saturated rings. The molecule has 0 bridgehead atoms. The molecule has 4 rings (SSSR count). The second kappa shape index (κ2) is 9.08. The van der Waals surface area contributed by atoms with Gasteiger partial charge in [-0.25, -0.2) is 4.98 Å². The molecule has 0 aliphatic carbocycles. The molecule has 1 aliphatic heterocycles. The Balaban J connectivity index is 1.68. The first kappa shape index (κ1) is 22.0. The number of pyridine rings is 1. The Kier molecular flexibility index (Phi) is 6.23. The van der Waals surface area contributed by atoms with Crippen molar-refractivity contribution in [2.45, 2.75) is 46.3 Å². The van der Waals surface area contributed by atoms with Gasteiger partial charge in [0.15, 0.2) is 6.10 Å². The van der Waals surface area contributed by atoms with Crippen LogP contribution < -0.4 is 15.0 Å². The number of nitrogens with zero attached hydrogens (tertiary/aromatic N) is 3. The quantitative estimate of drug-likeness (QED) is 0.608. The van der Waals surface area contributed by atoms with Crippen molar-refractivity contribution in [1.82, 2.24) is 15.3 Å². The largest absolute Gasteiger partial charge is 0.479 e. The number of amides is 2. The average Bonchev–Trinajstić information content (AvgIpc) is 3.18. The van der Waals surface area contributed by atoms with E-state index >= 15 is 0 Å². The molecule has 3 heterocycles. The van der Waals surface area contributed by atoms with Gasteiger partial charge in [-0.05, 0) is 57.5 Å². The maximum absolute atomic E-state index is 12.9. The number of ether oxygens (including phenoxy) is 1. The van der Waals surface area contributed by atoms with Gasteiger partial charge >= 0.3 is 0 Å². The van der Waals surface area contributed by atoms with Gasteiger partial charge in [-0.2, -0.15) is 0 Å². The molecule has 0 saturated carbocycles. The molecule has 2 aromatic heterocycles. The summed E-state index contributed by atoms with van der Waals surface area (Å²) in [6, 6.07) is 11.4. The molecule has 0 radical (unpaired) electrons. The van der Waals surface area contributed by atoms with Crippen molar-refractivity contribution < 1.29 is 14.3 Å². The first-order chi connectivity index (χ1) is 15.4. The molecule has 166 valence electrons. The third-order valence-corrected chi connectivity index (χ3v) is 6.44. The van der Waals surface area contributed by atoms with Crippen molar-refractivity contribution in [3.8, 4) is 27.7 Å². The maximum Gasteiger partial charge on any atom is 0.268 e. The number of carbonyl (C=O) groups is 2. The van der Waals surface area contributed by atoms with E-state index in [1.165, 1.54) is 4.90 Å². The Morgan fingerprint density at radius 2 is 2.12 bits per heavy atom. The van der Waals surface area contributed by atoms with Crippen molar-refractivity contribution in [2.75, 3.05) is 11.4 Å². The topological polar surface area (TPSA) is 84.4 Å². The summed E-state index contributed by atoms with van der Waals surface area (Å²) in [6.45, 7) is 7.60. The summed E-state index contributed by atoms with van der Waals surface area (Å²) < 4.78 is 5.80. The van der Waals surface area contributed by atoms with Crippen LogP contribution in [0.1, 0.15) is 32.1 Å². The van der Waals surface area contributed by atoms with Crippen LogP contribution in [0.15, 0.2) is 42.6 Å². The maximum atomic E-state index is 12.9. The molecule has 8 heteroatoms. The van der Waals surface area contributed by atoms with Crippen LogP contribution in [0.2, 0.25) is 0 Å². The van der Waals surface area contributed by atoms with Gasteiger partial charge in [-0.15, -0.1) is 11.3 Å². The molecule has 1 N–H and O–H groups in total. The zero-order valence-electron chi connectivity index (χ0n) is 18.6. The number of carbonyl (C=O) groups excluding carboxylic acids is 2. The summed E-state index contributed by atoms with van der Waals surface area (Å²) in [5.41, 5.74) is 3.09. The fraction of sp³-hybridized carbons (Fsp3) is 0.333. The van der Waals surface area contributed by atoms with E-state index in [0.29, 0.717) is 11.4 Å². The van der Waals surface area contributed by atoms with Gasteiger partial charge in [-0.3, -0.25) is 19.5 Å². The Morgan fingerprint density at radius 1 is 1.31 bits per heavy atom. The molecular formula is C24H26N4O3S. The second-order valence-corrected chi connectivity index (χ2v) is 9.09. The molecule has 0 saturated heterocycles. The summed E-state index contributed by atoms with van der Waals surface area (Å²) in [6.07, 6.45) is 1.92. The van der Waals surface area contributed by atoms with Gasteiger partial charge in [-0.1, -0.05) is 13.0 Å². The lowest BCUT2D eigenvalue weighted by Gasteiger charge is -2.33. The van der Waals surface area contributed by atoms with Gasteiger partial charge in [0.1, 0.15) is 17.3 Å². The van der Waals surface area contributed by atoms with Crippen molar-refractivity contribution in [2.24, 2.45) is 0 Å². The summed E-state index contributed by atoms with van der Waals surface area (Å²) in [5.74, 6) is 0.147. The van der Waals surface area contributed by atoms with E-state index in [0.717, 1.165) is 33.3 Å². The fourth-order valence-electron chi connectivity index (χ4n) is 3.55. The van der Waals surface area contributed by atoms with Crippen LogP contribution in [-0.4, -0.2) is 40.5 Å². The lowest BCUT2D eigenvalue weighted by Crippen LogP contribution is -2.49. The van der Waals surface area contributed by atoms with Crippen LogP contribution in [0.25, 0.3) is 22.0 Å². The van der Waals surface area contributed by atoms with Crippen LogP contribution in [-0.2, 0) is 9.59 Å². The number of hydrogen-bond acceptors (Lipinski definition) is 6. The van der Waals surface area contributed by atoms with Gasteiger partial charge in [0.25, 0.3) is 5.91 Å². The Bertz CT molecular complexity index is 1150. The highest BCUT2D eigenvalue weighted by atomic mass is 32.1. The standard InChI is InChI=1S/C24H26N4O3S/c1-5-14(2)26-21(29)13-28-19-12-17(9-10-20(19)31-15(3)24(28)30)22-16(4)32-23(27-22)18-8-6-7-11-25-18/h6-12,14-15H,5,13H2,1-4H3,(H,26,29). The van der Waals surface area contributed by atoms with Crippen molar-refractivity contribution in [3.63, 3.8) is 0 Å². The van der Waals surface area contributed by atoms with Crippen molar-refractivity contribution in [1.29, 1.82) is 0 Å². The Hall–Kier alpha value is -3.26. The van der Waals surface area contributed by atoms with Crippen LogP contribution in [0.4, 0.5) is 5.69 Å². The average molecular weight is 451 g/mol. The number of nitrogens with one attached hydrogen (secondary N) is 1. The van der Waals surface area contributed by atoms with Crippen LogP contribution in [0.5, 0.6) is 5.75 Å². The second-order valence-electron chi connectivity index (χ2n) is 7.88. The molecule has 2 amide bonds. The monoisotopic (exact) mass is 450 g/mol. The van der Waals surface area contributed by atoms with Crippen LogP contribution in [0.3, 0.4) is 0 Å². The predicted octanol–water partition coefficient (Wildman–Crippen LogP) is 4.21. The van der Waals surface area contributed by atoms with Gasteiger partial charge in [0.05, 0.1) is 17.1 Å². The zero-order chi connectivity index (χ0) is 22.8. The van der Waals surface area contributed by atoms with Crippen LogP contribution in [0, 0.1) is 6.92 Å². The number of anilines is 1. The van der Waals surface area contributed by atoms with Gasteiger partial charge in [0, 0.05) is 22.7 Å². The molecule has 2 atom stereocenters. The summed E-state index contributed by atoms with van der Waals surface area (Å²) in [7, 11) is 0. The van der Waals surface area contributed by atoms with E-state index in [1.54, 1.807) is 24.5 Å². The number of rotatable bonds is 6. The number of fused-ring (bicyclic) bond motifs is 1. The minimum Gasteiger partial charge on any atom is -0.479 e. The predicted molar refractivity (Wildman–Crippen MR) is 126 cm³/mol. The van der Waals surface area contributed by atoms with Gasteiger partial charge < -0.3 is 10.1 Å². The molecule has 32 heavy (non-hydrogen) atoms. The third-order valence-electron chi connectivity index (χ3n) is 5.44. The first-order valence-electron chi connectivity index (χ1n) is 10.7. The van der Waals surface area contributed by atoms with E-state index in [4.69, 9.17) is 9.72 Å². The van der Waals surface area contributed by atoms with Gasteiger partial charge in [0.2, 0.25) is 5.91 Å². The summed E-state index contributed by atoms with van der Waals surface area (Å²) >= 11 is 1.57. The molecule has 1 aromatic carbocycles. The van der Waals surface area contributed by atoms with E-state index in [2.05, 4.69) is 10.3 Å². The highest BCUT2D eigenvalue weighted by Gasteiger charge is 2.33. The normalized spacial score (nSPS) is 16.3. The van der Waals surface area contributed by atoms with Crippen molar-refractivity contribution in [3.05, 3.63) is 47.5 Å². The van der Waals surface area contributed by atoms with E-state index in [1.807, 2.05) is 57.2 Å². The SMILES string of the molecule is CCC(C)NC(=O)CN1C(=O)C(C)Oc2ccc(-c3nc(-c4ccccn4)sc3C)cc21.